The maximum absolute atomic E-state index is 12.9. The number of benzene rings is 1. The highest BCUT2D eigenvalue weighted by Crippen LogP contribution is 2.18. The Kier molecular flexibility index (Phi) is 6.95. The zero-order chi connectivity index (χ0) is 21.6. The molecule has 3 aromatic rings. The van der Waals surface area contributed by atoms with Crippen LogP contribution >= 0.6 is 0 Å². The molecule has 0 amide bonds. The molecule has 30 heavy (non-hydrogen) atoms. The quantitative estimate of drug-likeness (QED) is 0.572. The number of pyridine rings is 2. The predicted octanol–water partition coefficient (Wildman–Crippen LogP) is 4.18. The van der Waals surface area contributed by atoms with Crippen LogP contribution in [0.5, 0.6) is 5.75 Å². The molecule has 7 heteroatoms. The van der Waals surface area contributed by atoms with Crippen molar-refractivity contribution in [3.05, 3.63) is 94.2 Å². The van der Waals surface area contributed by atoms with Crippen molar-refractivity contribution in [2.45, 2.75) is 38.9 Å². The summed E-state index contributed by atoms with van der Waals surface area (Å²) in [7, 11) is 0. The molecule has 0 fully saturated rings. The predicted molar refractivity (Wildman–Crippen MR) is 112 cm³/mol. The van der Waals surface area contributed by atoms with Gasteiger partial charge < -0.3 is 14.6 Å². The number of nitrogens with zero attached hydrogens (tertiary/aromatic N) is 2. The molecule has 0 saturated carbocycles. The van der Waals surface area contributed by atoms with Gasteiger partial charge in [-0.25, -0.2) is 8.78 Å². The summed E-state index contributed by atoms with van der Waals surface area (Å²) in [6.45, 7) is 2.94. The van der Waals surface area contributed by atoms with Crippen molar-refractivity contribution in [3.63, 3.8) is 0 Å². The van der Waals surface area contributed by atoms with Crippen LogP contribution in [0.3, 0.4) is 0 Å². The molecule has 1 N–H and O–H groups in total. The van der Waals surface area contributed by atoms with Gasteiger partial charge in [-0.05, 0) is 30.7 Å². The molecule has 1 atom stereocenters. The van der Waals surface area contributed by atoms with E-state index >= 15 is 0 Å². The highest BCUT2D eigenvalue weighted by Gasteiger charge is 2.22. The van der Waals surface area contributed by atoms with E-state index in [2.05, 4.69) is 10.3 Å². The standard InChI is InChI=1S/C23H25F2N3O2/c1-17(21-11-10-20(14-27-21)30-16-23(2,24)25)26-13-19-9-6-12-28(22(19)29)15-18-7-4-3-5-8-18/h3-12,14,17,26H,13,15-16H2,1-2H3/t17-/m1/s1. The number of rotatable bonds is 9. The van der Waals surface area contributed by atoms with Crippen LogP contribution < -0.4 is 15.6 Å². The van der Waals surface area contributed by atoms with E-state index in [1.807, 2.05) is 43.3 Å². The smallest absolute Gasteiger partial charge is 0.278 e. The number of hydrogen-bond donors (Lipinski definition) is 1. The van der Waals surface area contributed by atoms with Gasteiger partial charge in [0, 0.05) is 31.3 Å². The van der Waals surface area contributed by atoms with Crippen LogP contribution in [0.1, 0.15) is 36.7 Å². The first-order valence-electron chi connectivity index (χ1n) is 9.74. The molecule has 3 rings (SSSR count). The molecule has 0 radical (unpaired) electrons. The molecular weight excluding hydrogens is 388 g/mol. The Labute approximate surface area is 174 Å². The Morgan fingerprint density at radius 2 is 1.90 bits per heavy atom. The minimum absolute atomic E-state index is 0.0433. The van der Waals surface area contributed by atoms with Crippen LogP contribution in [0.15, 0.2) is 71.8 Å². The average molecular weight is 413 g/mol. The fourth-order valence-electron chi connectivity index (χ4n) is 2.94. The van der Waals surface area contributed by atoms with Gasteiger partial charge in [0.15, 0.2) is 6.61 Å². The first-order chi connectivity index (χ1) is 14.3. The van der Waals surface area contributed by atoms with Crippen LogP contribution in [0.4, 0.5) is 8.78 Å². The minimum atomic E-state index is -2.89. The minimum Gasteiger partial charge on any atom is -0.486 e. The van der Waals surface area contributed by atoms with Gasteiger partial charge in [-0.3, -0.25) is 9.78 Å². The lowest BCUT2D eigenvalue weighted by molar-refractivity contribution is -0.0230. The Morgan fingerprint density at radius 3 is 2.57 bits per heavy atom. The van der Waals surface area contributed by atoms with E-state index in [0.717, 1.165) is 18.2 Å². The Hall–Kier alpha value is -3.06. The molecule has 0 unspecified atom stereocenters. The summed E-state index contributed by atoms with van der Waals surface area (Å²) < 4.78 is 32.5. The van der Waals surface area contributed by atoms with E-state index in [1.54, 1.807) is 29.0 Å². The summed E-state index contributed by atoms with van der Waals surface area (Å²) in [5.74, 6) is -2.60. The number of ether oxygens (including phenoxy) is 1. The third-order valence-electron chi connectivity index (χ3n) is 4.59. The van der Waals surface area contributed by atoms with Crippen molar-refractivity contribution in [2.24, 2.45) is 0 Å². The van der Waals surface area contributed by atoms with E-state index in [4.69, 9.17) is 4.74 Å². The Balaban J connectivity index is 1.60. The second-order valence-corrected chi connectivity index (χ2v) is 7.33. The maximum Gasteiger partial charge on any atom is 0.278 e. The molecule has 1 aromatic carbocycles. The highest BCUT2D eigenvalue weighted by atomic mass is 19.3. The summed E-state index contributed by atoms with van der Waals surface area (Å²) in [6, 6.07) is 16.7. The van der Waals surface area contributed by atoms with E-state index in [0.29, 0.717) is 24.4 Å². The van der Waals surface area contributed by atoms with Crippen LogP contribution in [0, 0.1) is 0 Å². The topological polar surface area (TPSA) is 56.2 Å². The molecule has 0 aliphatic rings. The highest BCUT2D eigenvalue weighted by molar-refractivity contribution is 5.22. The number of aromatic nitrogens is 2. The van der Waals surface area contributed by atoms with Gasteiger partial charge in [0.1, 0.15) is 5.75 Å². The van der Waals surface area contributed by atoms with Gasteiger partial charge >= 0.3 is 0 Å². The van der Waals surface area contributed by atoms with Crippen molar-refractivity contribution in [1.82, 2.24) is 14.9 Å². The molecule has 0 spiro atoms. The lowest BCUT2D eigenvalue weighted by Gasteiger charge is -2.15. The van der Waals surface area contributed by atoms with Gasteiger partial charge in [0.05, 0.1) is 18.4 Å². The zero-order valence-electron chi connectivity index (χ0n) is 17.0. The van der Waals surface area contributed by atoms with Crippen molar-refractivity contribution in [1.29, 1.82) is 0 Å². The molecule has 158 valence electrons. The number of alkyl halides is 2. The van der Waals surface area contributed by atoms with E-state index < -0.39 is 12.5 Å². The Bertz CT molecular complexity index is 999. The van der Waals surface area contributed by atoms with E-state index in [1.165, 1.54) is 6.20 Å². The molecule has 5 nitrogen and oxygen atoms in total. The first-order valence-corrected chi connectivity index (χ1v) is 9.74. The molecule has 0 saturated heterocycles. The lowest BCUT2D eigenvalue weighted by Crippen LogP contribution is -2.28. The van der Waals surface area contributed by atoms with Gasteiger partial charge in [-0.1, -0.05) is 36.4 Å². The van der Waals surface area contributed by atoms with Crippen molar-refractivity contribution >= 4 is 0 Å². The van der Waals surface area contributed by atoms with Crippen LogP contribution in [0.25, 0.3) is 0 Å². The molecule has 0 aliphatic heterocycles. The zero-order valence-corrected chi connectivity index (χ0v) is 17.0. The lowest BCUT2D eigenvalue weighted by atomic mass is 10.2. The monoisotopic (exact) mass is 413 g/mol. The van der Waals surface area contributed by atoms with Crippen molar-refractivity contribution in [2.75, 3.05) is 6.61 Å². The summed E-state index contributed by atoms with van der Waals surface area (Å²) in [5.41, 5.74) is 2.40. The van der Waals surface area contributed by atoms with Crippen LogP contribution in [-0.2, 0) is 13.1 Å². The van der Waals surface area contributed by atoms with Crippen molar-refractivity contribution in [3.8, 4) is 5.75 Å². The van der Waals surface area contributed by atoms with Gasteiger partial charge in [-0.2, -0.15) is 0 Å². The van der Waals surface area contributed by atoms with Crippen LogP contribution in [-0.4, -0.2) is 22.1 Å². The fourth-order valence-corrected chi connectivity index (χ4v) is 2.94. The number of hydrogen-bond acceptors (Lipinski definition) is 4. The molecular formula is C23H25F2N3O2. The largest absolute Gasteiger partial charge is 0.486 e. The SMILES string of the molecule is C[C@@H](NCc1cccn(Cc2ccccc2)c1=O)c1ccc(OCC(C)(F)F)cn1. The number of halogens is 2. The second kappa shape index (κ2) is 9.63. The van der Waals surface area contributed by atoms with Gasteiger partial charge in [0.25, 0.3) is 11.5 Å². The van der Waals surface area contributed by atoms with E-state index in [9.17, 15) is 13.6 Å². The number of nitrogens with one attached hydrogen (secondary N) is 1. The third-order valence-corrected chi connectivity index (χ3v) is 4.59. The van der Waals surface area contributed by atoms with Crippen molar-refractivity contribution < 1.29 is 13.5 Å². The average Bonchev–Trinajstić information content (AvgIpc) is 2.73. The fraction of sp³-hybridized carbons (Fsp3) is 0.304. The molecule has 0 bridgehead atoms. The maximum atomic E-state index is 12.9. The summed E-state index contributed by atoms with van der Waals surface area (Å²) >= 11 is 0. The molecule has 2 aromatic heterocycles. The normalized spacial score (nSPS) is 12.5. The Morgan fingerprint density at radius 1 is 1.13 bits per heavy atom. The second-order valence-electron chi connectivity index (χ2n) is 7.33. The summed E-state index contributed by atoms with van der Waals surface area (Å²) in [6.07, 6.45) is 3.21. The summed E-state index contributed by atoms with van der Waals surface area (Å²) in [5, 5.41) is 3.29. The molecule has 2 heterocycles. The first kappa shape index (κ1) is 21.6. The molecule has 0 aliphatic carbocycles. The summed E-state index contributed by atoms with van der Waals surface area (Å²) in [4.78, 5) is 17.0. The van der Waals surface area contributed by atoms with Gasteiger partial charge in [-0.15, -0.1) is 0 Å². The third kappa shape index (κ3) is 6.22. The van der Waals surface area contributed by atoms with Crippen LogP contribution in [0.2, 0.25) is 0 Å². The van der Waals surface area contributed by atoms with E-state index in [-0.39, 0.29) is 11.6 Å². The van der Waals surface area contributed by atoms with Gasteiger partial charge in [0.2, 0.25) is 0 Å².